The Bertz CT molecular complexity index is 1090. The fourth-order valence-corrected chi connectivity index (χ4v) is 2.55. The van der Waals surface area contributed by atoms with Gasteiger partial charge in [-0.2, -0.15) is 18.2 Å². The topological polar surface area (TPSA) is 90.0 Å². The molecule has 1 amide bonds. The van der Waals surface area contributed by atoms with E-state index in [4.69, 9.17) is 4.52 Å². The number of hydrogen-bond acceptors (Lipinski definition) is 5. The second-order valence-electron chi connectivity index (χ2n) is 6.59. The van der Waals surface area contributed by atoms with Crippen LogP contribution in [0.3, 0.4) is 0 Å². The summed E-state index contributed by atoms with van der Waals surface area (Å²) < 4.78 is 45.4. The van der Waals surface area contributed by atoms with Crippen LogP contribution in [0.5, 0.6) is 0 Å². The summed E-state index contributed by atoms with van der Waals surface area (Å²) in [5, 5.41) is 6.04. The van der Waals surface area contributed by atoms with Crippen LogP contribution < -0.4 is 10.9 Å². The number of nitrogens with one attached hydrogen (secondary N) is 1. The summed E-state index contributed by atoms with van der Waals surface area (Å²) in [6.45, 7) is 3.29. The van der Waals surface area contributed by atoms with E-state index in [1.54, 1.807) is 0 Å². The van der Waals surface area contributed by atoms with Gasteiger partial charge in [0.1, 0.15) is 6.54 Å². The molecule has 0 radical (unpaired) electrons. The summed E-state index contributed by atoms with van der Waals surface area (Å²) in [6, 6.07) is 7.29. The highest BCUT2D eigenvalue weighted by Crippen LogP contribution is 2.34. The molecular weight excluding hydrogens is 389 g/mol. The number of carbonyl (C=O) groups excluding carboxylic acids is 1. The minimum Gasteiger partial charge on any atom is -0.334 e. The zero-order valence-electron chi connectivity index (χ0n) is 15.5. The minimum absolute atomic E-state index is 0.0397. The van der Waals surface area contributed by atoms with Crippen LogP contribution >= 0.6 is 0 Å². The predicted molar refractivity (Wildman–Crippen MR) is 98.2 cm³/mol. The summed E-state index contributed by atoms with van der Waals surface area (Å²) in [4.78, 5) is 28.5. The molecule has 0 fully saturated rings. The van der Waals surface area contributed by atoms with Gasteiger partial charge in [-0.3, -0.25) is 9.59 Å². The smallest absolute Gasteiger partial charge is 0.334 e. The van der Waals surface area contributed by atoms with Crippen molar-refractivity contribution in [3.8, 4) is 11.5 Å². The Morgan fingerprint density at radius 3 is 2.59 bits per heavy atom. The van der Waals surface area contributed by atoms with Gasteiger partial charge in [0.25, 0.3) is 11.4 Å². The Balaban J connectivity index is 1.82. The first-order chi connectivity index (χ1) is 13.6. The minimum atomic E-state index is -4.62. The van der Waals surface area contributed by atoms with E-state index in [1.165, 1.54) is 30.5 Å². The van der Waals surface area contributed by atoms with Gasteiger partial charge >= 0.3 is 6.18 Å². The predicted octanol–water partition coefficient (Wildman–Crippen LogP) is 3.68. The number of para-hydroxylation sites is 1. The van der Waals surface area contributed by atoms with Gasteiger partial charge < -0.3 is 14.4 Å². The number of benzene rings is 1. The van der Waals surface area contributed by atoms with Gasteiger partial charge in [-0.15, -0.1) is 0 Å². The van der Waals surface area contributed by atoms with E-state index in [9.17, 15) is 22.8 Å². The molecule has 2 heterocycles. The van der Waals surface area contributed by atoms with Crippen molar-refractivity contribution < 1.29 is 22.5 Å². The number of anilines is 1. The third-order valence-corrected chi connectivity index (χ3v) is 4.01. The van der Waals surface area contributed by atoms with E-state index in [2.05, 4.69) is 15.5 Å². The molecule has 7 nitrogen and oxygen atoms in total. The lowest BCUT2D eigenvalue weighted by Crippen LogP contribution is -2.27. The highest BCUT2D eigenvalue weighted by atomic mass is 19.4. The molecule has 0 spiro atoms. The third kappa shape index (κ3) is 4.71. The number of aromatic nitrogens is 3. The average Bonchev–Trinajstić information content (AvgIpc) is 3.13. The van der Waals surface area contributed by atoms with Crippen molar-refractivity contribution >= 4 is 11.6 Å². The summed E-state index contributed by atoms with van der Waals surface area (Å²) in [5.74, 6) is -0.0863. The zero-order chi connectivity index (χ0) is 21.2. The van der Waals surface area contributed by atoms with Gasteiger partial charge in [0.05, 0.1) is 16.8 Å². The van der Waals surface area contributed by atoms with E-state index in [-0.39, 0.29) is 17.5 Å². The molecule has 0 aliphatic heterocycles. The Kier molecular flexibility index (Phi) is 5.53. The van der Waals surface area contributed by atoms with E-state index in [1.807, 2.05) is 13.8 Å². The summed E-state index contributed by atoms with van der Waals surface area (Å²) in [6.07, 6.45) is -3.28. The molecule has 3 aromatic rings. The van der Waals surface area contributed by atoms with E-state index >= 15 is 0 Å². The first-order valence-electron chi connectivity index (χ1n) is 8.65. The maximum Gasteiger partial charge on any atom is 0.418 e. The quantitative estimate of drug-likeness (QED) is 0.698. The molecule has 0 saturated carbocycles. The number of hydrogen-bond donors (Lipinski definition) is 1. The summed E-state index contributed by atoms with van der Waals surface area (Å²) in [7, 11) is 0. The molecule has 3 rings (SSSR count). The van der Waals surface area contributed by atoms with E-state index in [0.29, 0.717) is 11.4 Å². The van der Waals surface area contributed by atoms with Gasteiger partial charge in [-0.1, -0.05) is 31.1 Å². The number of carbonyl (C=O) groups is 1. The molecule has 10 heteroatoms. The van der Waals surface area contributed by atoms with Crippen LogP contribution in [0.4, 0.5) is 18.9 Å². The van der Waals surface area contributed by atoms with Gasteiger partial charge in [0.2, 0.25) is 5.91 Å². The van der Waals surface area contributed by atoms with Crippen LogP contribution in [-0.2, 0) is 17.5 Å². The van der Waals surface area contributed by atoms with Gasteiger partial charge in [0, 0.05) is 18.2 Å². The number of halogens is 3. The lowest BCUT2D eigenvalue weighted by atomic mass is 10.1. The average molecular weight is 406 g/mol. The van der Waals surface area contributed by atoms with Crippen LogP contribution in [0.15, 0.2) is 51.9 Å². The molecule has 1 aromatic carbocycles. The first-order valence-corrected chi connectivity index (χ1v) is 8.65. The normalized spacial score (nSPS) is 11.7. The highest BCUT2D eigenvalue weighted by molar-refractivity contribution is 5.91. The van der Waals surface area contributed by atoms with E-state index < -0.39 is 29.8 Å². The van der Waals surface area contributed by atoms with Gasteiger partial charge in [-0.25, -0.2) is 0 Å². The van der Waals surface area contributed by atoms with Crippen molar-refractivity contribution in [2.24, 2.45) is 0 Å². The van der Waals surface area contributed by atoms with Crippen LogP contribution in [0.2, 0.25) is 0 Å². The SMILES string of the molecule is CC(C)c1noc(-c2ccc(=O)n(CC(=O)Nc3ccccc3C(F)(F)F)c2)n1. The maximum absolute atomic E-state index is 13.1. The van der Waals surface area contributed by atoms with Crippen molar-refractivity contribution in [3.63, 3.8) is 0 Å². The molecule has 152 valence electrons. The first kappa shape index (κ1) is 20.3. The number of nitrogens with zero attached hydrogens (tertiary/aromatic N) is 3. The van der Waals surface area contributed by atoms with Crippen molar-refractivity contribution in [3.05, 3.63) is 64.3 Å². The highest BCUT2D eigenvalue weighted by Gasteiger charge is 2.33. The number of rotatable bonds is 5. The second-order valence-corrected chi connectivity index (χ2v) is 6.59. The fourth-order valence-electron chi connectivity index (χ4n) is 2.55. The molecule has 0 saturated heterocycles. The van der Waals surface area contributed by atoms with Crippen LogP contribution in [0.25, 0.3) is 11.5 Å². The Hall–Kier alpha value is -3.43. The lowest BCUT2D eigenvalue weighted by Gasteiger charge is -2.14. The standard InChI is InChI=1S/C19H17F3N4O3/c1-11(2)17-24-18(29-25-17)12-7-8-16(28)26(9-12)10-15(27)23-14-6-4-3-5-13(14)19(20,21)22/h3-9,11H,10H2,1-2H3,(H,23,27). The number of alkyl halides is 3. The third-order valence-electron chi connectivity index (χ3n) is 4.01. The Labute approximate surface area is 163 Å². The molecule has 0 aliphatic carbocycles. The fraction of sp³-hybridized carbons (Fsp3) is 0.263. The van der Waals surface area contributed by atoms with Crippen LogP contribution in [-0.4, -0.2) is 20.6 Å². The molecule has 0 bridgehead atoms. The summed E-state index contributed by atoms with van der Waals surface area (Å²) >= 11 is 0. The van der Waals surface area contributed by atoms with Gasteiger partial charge in [-0.05, 0) is 18.2 Å². The van der Waals surface area contributed by atoms with Gasteiger partial charge in [0.15, 0.2) is 5.82 Å². The van der Waals surface area contributed by atoms with E-state index in [0.717, 1.165) is 16.7 Å². The molecule has 0 atom stereocenters. The monoisotopic (exact) mass is 406 g/mol. The van der Waals surface area contributed by atoms with Crippen molar-refractivity contribution in [1.29, 1.82) is 0 Å². The zero-order valence-corrected chi connectivity index (χ0v) is 15.5. The van der Waals surface area contributed by atoms with Crippen molar-refractivity contribution in [1.82, 2.24) is 14.7 Å². The van der Waals surface area contributed by atoms with Crippen molar-refractivity contribution in [2.75, 3.05) is 5.32 Å². The molecule has 29 heavy (non-hydrogen) atoms. The Morgan fingerprint density at radius 2 is 1.93 bits per heavy atom. The number of amides is 1. The molecular formula is C19H17F3N4O3. The second kappa shape index (κ2) is 7.90. The largest absolute Gasteiger partial charge is 0.418 e. The molecule has 1 N–H and O–H groups in total. The van der Waals surface area contributed by atoms with Crippen LogP contribution in [0, 0.1) is 0 Å². The maximum atomic E-state index is 13.1. The molecule has 2 aromatic heterocycles. The van der Waals surface area contributed by atoms with Crippen LogP contribution in [0.1, 0.15) is 31.2 Å². The molecule has 0 aliphatic rings. The lowest BCUT2D eigenvalue weighted by molar-refractivity contribution is -0.137. The number of pyridine rings is 1. The molecule has 0 unspecified atom stereocenters. The summed E-state index contributed by atoms with van der Waals surface area (Å²) in [5.41, 5.74) is -1.45. The van der Waals surface area contributed by atoms with Crippen molar-refractivity contribution in [2.45, 2.75) is 32.5 Å². The Morgan fingerprint density at radius 1 is 1.21 bits per heavy atom.